The predicted octanol–water partition coefficient (Wildman–Crippen LogP) is 1.90. The first-order valence-corrected chi connectivity index (χ1v) is 5.89. The van der Waals surface area contributed by atoms with Crippen molar-refractivity contribution in [2.45, 2.75) is 19.8 Å². The zero-order valence-electron chi connectivity index (χ0n) is 10.4. The van der Waals surface area contributed by atoms with Gasteiger partial charge in [-0.05, 0) is 23.1 Å². The molecule has 1 amide bonds. The highest BCUT2D eigenvalue weighted by Crippen LogP contribution is 2.15. The molecule has 92 valence electrons. The molecule has 0 heterocycles. The van der Waals surface area contributed by atoms with Crippen LogP contribution in [-0.2, 0) is 4.79 Å². The maximum Gasteiger partial charge on any atom is 0.244 e. The zero-order chi connectivity index (χ0) is 12.7. The van der Waals surface area contributed by atoms with E-state index in [1.165, 1.54) is 11.6 Å². The molecule has 0 atom stereocenters. The SMILES string of the molecule is CC(C)c1ccc(/C=C/C(=O)NCCN)cc1. The second-order valence-electron chi connectivity index (χ2n) is 4.23. The van der Waals surface area contributed by atoms with Crippen LogP contribution < -0.4 is 11.1 Å². The van der Waals surface area contributed by atoms with E-state index in [4.69, 9.17) is 5.73 Å². The second kappa shape index (κ2) is 6.86. The van der Waals surface area contributed by atoms with Gasteiger partial charge in [0.05, 0.1) is 0 Å². The average molecular weight is 232 g/mol. The van der Waals surface area contributed by atoms with Crippen molar-refractivity contribution in [1.29, 1.82) is 0 Å². The van der Waals surface area contributed by atoms with Gasteiger partial charge in [0.1, 0.15) is 0 Å². The predicted molar refractivity (Wildman–Crippen MR) is 71.6 cm³/mol. The van der Waals surface area contributed by atoms with Gasteiger partial charge in [-0.25, -0.2) is 0 Å². The van der Waals surface area contributed by atoms with Crippen molar-refractivity contribution >= 4 is 12.0 Å². The first-order chi connectivity index (χ1) is 8.13. The molecule has 1 aromatic carbocycles. The normalized spacial score (nSPS) is 11.1. The van der Waals surface area contributed by atoms with E-state index in [1.54, 1.807) is 6.08 Å². The van der Waals surface area contributed by atoms with Crippen molar-refractivity contribution in [3.63, 3.8) is 0 Å². The zero-order valence-corrected chi connectivity index (χ0v) is 10.4. The van der Waals surface area contributed by atoms with Gasteiger partial charge in [-0.2, -0.15) is 0 Å². The van der Waals surface area contributed by atoms with Crippen molar-refractivity contribution < 1.29 is 4.79 Å². The third-order valence-electron chi connectivity index (χ3n) is 2.47. The van der Waals surface area contributed by atoms with E-state index < -0.39 is 0 Å². The molecule has 3 N–H and O–H groups in total. The molecule has 3 nitrogen and oxygen atoms in total. The Kier molecular flexibility index (Phi) is 5.43. The van der Waals surface area contributed by atoms with Crippen molar-refractivity contribution in [2.75, 3.05) is 13.1 Å². The maximum absolute atomic E-state index is 11.3. The topological polar surface area (TPSA) is 55.1 Å². The van der Waals surface area contributed by atoms with E-state index in [-0.39, 0.29) is 5.91 Å². The number of hydrogen-bond acceptors (Lipinski definition) is 2. The minimum Gasteiger partial charge on any atom is -0.351 e. The van der Waals surface area contributed by atoms with Gasteiger partial charge in [0.2, 0.25) is 5.91 Å². The summed E-state index contributed by atoms with van der Waals surface area (Å²) < 4.78 is 0. The highest BCUT2D eigenvalue weighted by molar-refractivity contribution is 5.91. The summed E-state index contributed by atoms with van der Waals surface area (Å²) >= 11 is 0. The van der Waals surface area contributed by atoms with Crippen LogP contribution in [0.15, 0.2) is 30.3 Å². The van der Waals surface area contributed by atoms with E-state index in [1.807, 2.05) is 12.1 Å². The molecule has 0 spiro atoms. The van der Waals surface area contributed by atoms with Crippen LogP contribution in [0.1, 0.15) is 30.9 Å². The van der Waals surface area contributed by atoms with Gasteiger partial charge in [0, 0.05) is 19.2 Å². The molecular formula is C14H20N2O. The summed E-state index contributed by atoms with van der Waals surface area (Å²) in [6.45, 7) is 5.29. The highest BCUT2D eigenvalue weighted by atomic mass is 16.1. The molecule has 1 aromatic rings. The Morgan fingerprint density at radius 3 is 2.53 bits per heavy atom. The van der Waals surface area contributed by atoms with Crippen LogP contribution in [0.2, 0.25) is 0 Å². The molecule has 0 radical (unpaired) electrons. The fourth-order valence-electron chi connectivity index (χ4n) is 1.42. The van der Waals surface area contributed by atoms with Crippen molar-refractivity contribution in [1.82, 2.24) is 5.32 Å². The molecule has 3 heteroatoms. The number of amides is 1. The summed E-state index contributed by atoms with van der Waals surface area (Å²) in [7, 11) is 0. The third kappa shape index (κ3) is 4.83. The minimum atomic E-state index is -0.108. The molecule has 0 aromatic heterocycles. The smallest absolute Gasteiger partial charge is 0.244 e. The summed E-state index contributed by atoms with van der Waals surface area (Å²) in [5.74, 6) is 0.421. The largest absolute Gasteiger partial charge is 0.351 e. The van der Waals surface area contributed by atoms with Crippen molar-refractivity contribution in [3.8, 4) is 0 Å². The van der Waals surface area contributed by atoms with Gasteiger partial charge in [-0.3, -0.25) is 4.79 Å². The van der Waals surface area contributed by atoms with E-state index in [0.717, 1.165) is 5.56 Å². The van der Waals surface area contributed by atoms with Gasteiger partial charge in [0.25, 0.3) is 0 Å². The molecule has 0 unspecified atom stereocenters. The van der Waals surface area contributed by atoms with Crippen molar-refractivity contribution in [2.24, 2.45) is 5.73 Å². The Hall–Kier alpha value is -1.61. The third-order valence-corrected chi connectivity index (χ3v) is 2.47. The number of hydrogen-bond donors (Lipinski definition) is 2. The van der Waals surface area contributed by atoms with Crippen LogP contribution in [0.4, 0.5) is 0 Å². The monoisotopic (exact) mass is 232 g/mol. The molecule has 1 rings (SSSR count). The van der Waals surface area contributed by atoms with E-state index in [0.29, 0.717) is 19.0 Å². The Morgan fingerprint density at radius 1 is 1.35 bits per heavy atom. The van der Waals surface area contributed by atoms with Gasteiger partial charge in [-0.1, -0.05) is 38.1 Å². The van der Waals surface area contributed by atoms with Crippen LogP contribution in [0, 0.1) is 0 Å². The Morgan fingerprint density at radius 2 is 2.00 bits per heavy atom. The highest BCUT2D eigenvalue weighted by Gasteiger charge is 1.97. The quantitative estimate of drug-likeness (QED) is 0.762. The van der Waals surface area contributed by atoms with Gasteiger partial charge in [-0.15, -0.1) is 0 Å². The molecule has 0 saturated heterocycles. The van der Waals surface area contributed by atoms with E-state index in [9.17, 15) is 4.79 Å². The van der Waals surface area contributed by atoms with Crippen LogP contribution in [0.25, 0.3) is 6.08 Å². The molecular weight excluding hydrogens is 212 g/mol. The fourth-order valence-corrected chi connectivity index (χ4v) is 1.42. The Bertz CT molecular complexity index is 380. The number of rotatable bonds is 5. The molecule has 0 aliphatic rings. The first kappa shape index (κ1) is 13.5. The molecule has 0 aliphatic heterocycles. The molecule has 0 saturated carbocycles. The van der Waals surface area contributed by atoms with E-state index in [2.05, 4.69) is 31.3 Å². The average Bonchev–Trinajstić information content (AvgIpc) is 2.34. The maximum atomic E-state index is 11.3. The van der Waals surface area contributed by atoms with E-state index >= 15 is 0 Å². The van der Waals surface area contributed by atoms with Gasteiger partial charge in [0.15, 0.2) is 0 Å². The summed E-state index contributed by atoms with van der Waals surface area (Å²) in [5.41, 5.74) is 7.62. The summed E-state index contributed by atoms with van der Waals surface area (Å²) in [5, 5.41) is 2.68. The number of carbonyl (C=O) groups is 1. The lowest BCUT2D eigenvalue weighted by molar-refractivity contribution is -0.116. The van der Waals surface area contributed by atoms with Gasteiger partial charge < -0.3 is 11.1 Å². The Balaban J connectivity index is 2.56. The summed E-state index contributed by atoms with van der Waals surface area (Å²) in [4.78, 5) is 11.3. The minimum absolute atomic E-state index is 0.108. The lowest BCUT2D eigenvalue weighted by Gasteiger charge is -2.04. The number of nitrogens with one attached hydrogen (secondary N) is 1. The molecule has 17 heavy (non-hydrogen) atoms. The first-order valence-electron chi connectivity index (χ1n) is 5.89. The van der Waals surface area contributed by atoms with Crippen LogP contribution in [0.5, 0.6) is 0 Å². The van der Waals surface area contributed by atoms with Crippen LogP contribution in [0.3, 0.4) is 0 Å². The molecule has 0 bridgehead atoms. The number of nitrogens with two attached hydrogens (primary N) is 1. The molecule has 0 fully saturated rings. The van der Waals surface area contributed by atoms with Crippen LogP contribution >= 0.6 is 0 Å². The number of benzene rings is 1. The summed E-state index contributed by atoms with van der Waals surface area (Å²) in [6.07, 6.45) is 3.33. The lowest BCUT2D eigenvalue weighted by Crippen LogP contribution is -2.27. The van der Waals surface area contributed by atoms with Crippen LogP contribution in [-0.4, -0.2) is 19.0 Å². The summed E-state index contributed by atoms with van der Waals surface area (Å²) in [6, 6.07) is 8.20. The lowest BCUT2D eigenvalue weighted by atomic mass is 10.0. The standard InChI is InChI=1S/C14H20N2O/c1-11(2)13-6-3-12(4-7-13)5-8-14(17)16-10-9-15/h3-8,11H,9-10,15H2,1-2H3,(H,16,17)/b8-5+. The fraction of sp³-hybridized carbons (Fsp3) is 0.357. The van der Waals surface area contributed by atoms with Crippen molar-refractivity contribution in [3.05, 3.63) is 41.5 Å². The Labute approximate surface area is 103 Å². The van der Waals surface area contributed by atoms with Gasteiger partial charge >= 0.3 is 0 Å². The number of carbonyl (C=O) groups excluding carboxylic acids is 1. The second-order valence-corrected chi connectivity index (χ2v) is 4.23. The molecule has 0 aliphatic carbocycles.